The van der Waals surface area contributed by atoms with Gasteiger partial charge in [-0.25, -0.2) is 0 Å². The van der Waals surface area contributed by atoms with Crippen molar-refractivity contribution in [3.63, 3.8) is 0 Å². The molecule has 0 aliphatic rings. The summed E-state index contributed by atoms with van der Waals surface area (Å²) < 4.78 is 40.0. The zero-order valence-electron chi connectivity index (χ0n) is 5.44. The summed E-state index contributed by atoms with van der Waals surface area (Å²) in [6.45, 7) is 0. The molecule has 0 saturated carbocycles. The van der Waals surface area contributed by atoms with Crippen LogP contribution < -0.4 is 4.46 Å². The first-order chi connectivity index (χ1) is 5.00. The first-order valence-corrected chi connectivity index (χ1v) is 6.20. The Morgan fingerprint density at radius 2 is 1.64 bits per heavy atom. The van der Waals surface area contributed by atoms with Crippen molar-refractivity contribution in [1.82, 2.24) is 0 Å². The molecule has 0 aliphatic carbocycles. The van der Waals surface area contributed by atoms with E-state index in [1.807, 2.05) is 0 Å². The van der Waals surface area contributed by atoms with Gasteiger partial charge in [-0.05, 0) is 0 Å². The molecule has 0 radical (unpaired) electrons. The number of hydrogen-bond donors (Lipinski definition) is 2. The van der Waals surface area contributed by atoms with Crippen molar-refractivity contribution in [2.75, 3.05) is 0 Å². The average Bonchev–Trinajstić information content (AvgIpc) is 1.86. The molecule has 0 bridgehead atoms. The van der Waals surface area contributed by atoms with E-state index in [0.29, 0.717) is 0 Å². The Kier molecular flexibility index (Phi) is 2.15. The molecule has 0 unspecified atom stereocenters. The van der Waals surface area contributed by atoms with Crippen LogP contribution in [-0.2, 0) is 3.83 Å². The third-order valence-corrected chi connectivity index (χ3v) is 3.20. The van der Waals surface area contributed by atoms with Crippen molar-refractivity contribution in [3.05, 3.63) is 30.1 Å². The quantitative estimate of drug-likeness (QED) is 0.610. The van der Waals surface area contributed by atoms with Gasteiger partial charge in [-0.1, -0.05) is 0 Å². The van der Waals surface area contributed by atoms with E-state index in [2.05, 4.69) is 0 Å². The minimum absolute atomic E-state index is 0.107. The molecule has 0 atom stereocenters. The molecule has 0 heterocycles. The third kappa shape index (κ3) is 2.16. The standard InChI is InChI=1S/C6H7FO3Se/c7-5-1-3-6(4-2-5)11(8,9)10/h1-4,11H,(H2,8,9,10). The van der Waals surface area contributed by atoms with Gasteiger partial charge in [-0.3, -0.25) is 0 Å². The van der Waals surface area contributed by atoms with E-state index in [4.69, 9.17) is 8.38 Å². The van der Waals surface area contributed by atoms with Gasteiger partial charge in [0.25, 0.3) is 0 Å². The maximum absolute atomic E-state index is 12.2. The van der Waals surface area contributed by atoms with Crippen molar-refractivity contribution in [2.45, 2.75) is 0 Å². The van der Waals surface area contributed by atoms with Crippen molar-refractivity contribution in [2.24, 2.45) is 0 Å². The SMILES string of the molecule is O=[SeH](O)(O)c1ccc(F)cc1. The molecule has 1 aromatic carbocycles. The zero-order valence-corrected chi connectivity index (χ0v) is 7.31. The van der Waals surface area contributed by atoms with Gasteiger partial charge in [0, 0.05) is 0 Å². The molecular weight excluding hydrogens is 218 g/mol. The van der Waals surface area contributed by atoms with Gasteiger partial charge < -0.3 is 0 Å². The van der Waals surface area contributed by atoms with Crippen LogP contribution in [0.2, 0.25) is 0 Å². The van der Waals surface area contributed by atoms with E-state index >= 15 is 0 Å². The molecule has 0 aliphatic heterocycles. The summed E-state index contributed by atoms with van der Waals surface area (Å²) in [7, 11) is 0. The van der Waals surface area contributed by atoms with Crippen molar-refractivity contribution in [3.8, 4) is 0 Å². The van der Waals surface area contributed by atoms with E-state index in [1.165, 1.54) is 0 Å². The summed E-state index contributed by atoms with van der Waals surface area (Å²) in [5.41, 5.74) is 0. The first kappa shape index (κ1) is 8.49. The molecule has 1 aromatic rings. The molecule has 0 fully saturated rings. The van der Waals surface area contributed by atoms with Gasteiger partial charge in [0.05, 0.1) is 0 Å². The molecule has 0 amide bonds. The second kappa shape index (κ2) is 2.79. The van der Waals surface area contributed by atoms with Crippen LogP contribution in [0.5, 0.6) is 0 Å². The number of benzene rings is 1. The molecule has 62 valence electrons. The topological polar surface area (TPSA) is 57.5 Å². The summed E-state index contributed by atoms with van der Waals surface area (Å²) >= 11 is -4.79. The molecule has 0 spiro atoms. The Hall–Kier alpha value is -0.611. The van der Waals surface area contributed by atoms with Crippen LogP contribution in [-0.4, -0.2) is 21.8 Å². The van der Waals surface area contributed by atoms with Gasteiger partial charge in [0.15, 0.2) is 0 Å². The Bertz CT molecular complexity index is 289. The van der Waals surface area contributed by atoms with Gasteiger partial charge in [-0.15, -0.1) is 0 Å². The number of rotatable bonds is 1. The average molecular weight is 225 g/mol. The fraction of sp³-hybridized carbons (Fsp3) is 0. The predicted octanol–water partition coefficient (Wildman–Crippen LogP) is -0.881. The Labute approximate surface area is 65.2 Å². The second-order valence-electron chi connectivity index (χ2n) is 2.02. The summed E-state index contributed by atoms with van der Waals surface area (Å²) in [6.07, 6.45) is 0. The fourth-order valence-corrected chi connectivity index (χ4v) is 1.76. The van der Waals surface area contributed by atoms with Crippen LogP contribution in [0.3, 0.4) is 0 Å². The van der Waals surface area contributed by atoms with E-state index in [0.717, 1.165) is 24.3 Å². The molecule has 1 rings (SSSR count). The van der Waals surface area contributed by atoms with Crippen molar-refractivity contribution >= 4 is 17.9 Å². The van der Waals surface area contributed by atoms with Crippen LogP contribution in [0.4, 0.5) is 4.39 Å². The molecule has 5 heteroatoms. The molecule has 0 saturated heterocycles. The van der Waals surface area contributed by atoms with Gasteiger partial charge in [-0.2, -0.15) is 0 Å². The maximum atomic E-state index is 12.2. The van der Waals surface area contributed by atoms with Gasteiger partial charge in [0.1, 0.15) is 0 Å². The Balaban J connectivity index is 3.09. The van der Waals surface area contributed by atoms with Gasteiger partial charge in [0.2, 0.25) is 0 Å². The first-order valence-electron chi connectivity index (χ1n) is 2.82. The summed E-state index contributed by atoms with van der Waals surface area (Å²) in [4.78, 5) is 0. The van der Waals surface area contributed by atoms with Crippen LogP contribution in [0.15, 0.2) is 24.3 Å². The second-order valence-corrected chi connectivity index (χ2v) is 5.39. The third-order valence-electron chi connectivity index (χ3n) is 1.16. The summed E-state index contributed by atoms with van der Waals surface area (Å²) in [5.74, 6) is -0.502. The molecule has 3 nitrogen and oxygen atoms in total. The molecular formula is C6H7FO3Se. The summed E-state index contributed by atoms with van der Waals surface area (Å²) in [6, 6.07) is 4.23. The molecule has 0 aromatic heterocycles. The molecule has 11 heavy (non-hydrogen) atoms. The zero-order chi connectivity index (χ0) is 8.48. The van der Waals surface area contributed by atoms with Crippen LogP contribution in [0.1, 0.15) is 0 Å². The Morgan fingerprint density at radius 1 is 1.18 bits per heavy atom. The minimum atomic E-state index is -4.79. The van der Waals surface area contributed by atoms with E-state index in [1.54, 1.807) is 0 Å². The number of hydrogen-bond acceptors (Lipinski definition) is 1. The van der Waals surface area contributed by atoms with Crippen LogP contribution in [0, 0.1) is 5.82 Å². The van der Waals surface area contributed by atoms with E-state index < -0.39 is 19.3 Å². The van der Waals surface area contributed by atoms with Gasteiger partial charge >= 0.3 is 64.6 Å². The van der Waals surface area contributed by atoms with Crippen molar-refractivity contribution < 1.29 is 16.6 Å². The predicted molar refractivity (Wildman–Crippen MR) is 38.3 cm³/mol. The van der Waals surface area contributed by atoms with Crippen LogP contribution >= 0.6 is 0 Å². The van der Waals surface area contributed by atoms with E-state index in [-0.39, 0.29) is 4.46 Å². The van der Waals surface area contributed by atoms with Crippen LogP contribution in [0.25, 0.3) is 0 Å². The molecule has 2 N–H and O–H groups in total. The monoisotopic (exact) mass is 226 g/mol. The summed E-state index contributed by atoms with van der Waals surface area (Å²) in [5, 5.41) is 0. The number of halogens is 1. The fourth-order valence-electron chi connectivity index (χ4n) is 0.635. The van der Waals surface area contributed by atoms with E-state index in [9.17, 15) is 8.23 Å². The normalized spacial score (nSPS) is 13.0. The Morgan fingerprint density at radius 3 is 2.00 bits per heavy atom. The van der Waals surface area contributed by atoms with Crippen molar-refractivity contribution in [1.29, 1.82) is 0 Å².